The Hall–Kier alpha value is -3.49. The summed E-state index contributed by atoms with van der Waals surface area (Å²) in [6, 6.07) is 7.21. The number of hydrogen-bond acceptors (Lipinski definition) is 8. The van der Waals surface area contributed by atoms with Gasteiger partial charge < -0.3 is 20.1 Å². The van der Waals surface area contributed by atoms with Gasteiger partial charge in [0.2, 0.25) is 0 Å². The summed E-state index contributed by atoms with van der Waals surface area (Å²) in [7, 11) is 0. The molecule has 4 heterocycles. The van der Waals surface area contributed by atoms with Gasteiger partial charge in [-0.3, -0.25) is 9.78 Å². The van der Waals surface area contributed by atoms with Crippen LogP contribution in [-0.2, 0) is 0 Å². The van der Waals surface area contributed by atoms with Crippen molar-refractivity contribution in [3.05, 3.63) is 48.2 Å². The molecule has 9 nitrogen and oxygen atoms in total. The molecule has 0 spiro atoms. The summed E-state index contributed by atoms with van der Waals surface area (Å²) in [4.78, 5) is 27.5. The SMILES string of the molecule is Cc1nc(NCCNC(=O)c2cc(-c3cccnc3)on2)cc(N2CCCC2)n1. The molecule has 2 N–H and O–H groups in total. The summed E-state index contributed by atoms with van der Waals surface area (Å²) in [6.45, 7) is 4.91. The second-order valence-electron chi connectivity index (χ2n) is 6.85. The number of nitrogens with one attached hydrogen (secondary N) is 2. The number of rotatable bonds is 7. The van der Waals surface area contributed by atoms with Gasteiger partial charge in [-0.1, -0.05) is 5.16 Å². The van der Waals surface area contributed by atoms with Crippen molar-refractivity contribution in [2.45, 2.75) is 19.8 Å². The number of aromatic nitrogens is 4. The number of hydrogen-bond donors (Lipinski definition) is 2. The first kappa shape index (κ1) is 18.9. The predicted molar refractivity (Wildman–Crippen MR) is 109 cm³/mol. The van der Waals surface area contributed by atoms with Crippen LogP contribution < -0.4 is 15.5 Å². The Kier molecular flexibility index (Phi) is 5.64. The molecule has 1 aliphatic heterocycles. The molecular weight excluding hydrogens is 370 g/mol. The summed E-state index contributed by atoms with van der Waals surface area (Å²) < 4.78 is 5.23. The lowest BCUT2D eigenvalue weighted by molar-refractivity contribution is 0.0946. The first-order chi connectivity index (χ1) is 14.2. The Labute approximate surface area is 168 Å². The highest BCUT2D eigenvalue weighted by Crippen LogP contribution is 2.20. The molecule has 29 heavy (non-hydrogen) atoms. The van der Waals surface area contributed by atoms with Gasteiger partial charge in [0.05, 0.1) is 0 Å². The second-order valence-corrected chi connectivity index (χ2v) is 6.85. The van der Waals surface area contributed by atoms with Crippen molar-refractivity contribution in [1.82, 2.24) is 25.4 Å². The predicted octanol–water partition coefficient (Wildman–Crippen LogP) is 2.28. The highest BCUT2D eigenvalue weighted by Gasteiger charge is 2.15. The molecule has 150 valence electrons. The smallest absolute Gasteiger partial charge is 0.273 e. The lowest BCUT2D eigenvalue weighted by Crippen LogP contribution is -2.29. The molecule has 4 rings (SSSR count). The average molecular weight is 393 g/mol. The molecule has 0 unspecified atom stereocenters. The van der Waals surface area contributed by atoms with E-state index in [2.05, 4.69) is 35.6 Å². The van der Waals surface area contributed by atoms with E-state index in [-0.39, 0.29) is 11.6 Å². The quantitative estimate of drug-likeness (QED) is 0.589. The van der Waals surface area contributed by atoms with E-state index in [1.807, 2.05) is 19.1 Å². The summed E-state index contributed by atoms with van der Waals surface area (Å²) in [5.74, 6) is 2.65. The van der Waals surface area contributed by atoms with Crippen LogP contribution in [0.1, 0.15) is 29.2 Å². The minimum Gasteiger partial charge on any atom is -0.368 e. The van der Waals surface area contributed by atoms with Crippen LogP contribution in [0.25, 0.3) is 11.3 Å². The van der Waals surface area contributed by atoms with Crippen molar-refractivity contribution < 1.29 is 9.32 Å². The third kappa shape index (κ3) is 4.68. The first-order valence-corrected chi connectivity index (χ1v) is 9.69. The van der Waals surface area contributed by atoms with Crippen molar-refractivity contribution in [1.29, 1.82) is 0 Å². The van der Waals surface area contributed by atoms with Crippen molar-refractivity contribution in [3.63, 3.8) is 0 Å². The van der Waals surface area contributed by atoms with Crippen molar-refractivity contribution in [3.8, 4) is 11.3 Å². The van der Waals surface area contributed by atoms with E-state index in [0.29, 0.717) is 18.8 Å². The van der Waals surface area contributed by atoms with E-state index in [4.69, 9.17) is 4.52 Å². The monoisotopic (exact) mass is 393 g/mol. The highest BCUT2D eigenvalue weighted by atomic mass is 16.5. The molecule has 3 aromatic heterocycles. The van der Waals surface area contributed by atoms with Crippen molar-refractivity contribution >= 4 is 17.5 Å². The van der Waals surface area contributed by atoms with Gasteiger partial charge in [-0.15, -0.1) is 0 Å². The molecule has 1 saturated heterocycles. The standard InChI is InChI=1S/C20H23N7O2/c1-14-24-18(12-19(25-14)27-9-2-3-10-27)22-7-8-23-20(28)16-11-17(29-26-16)15-5-4-6-21-13-15/h4-6,11-13H,2-3,7-10H2,1H3,(H,23,28)(H,22,24,25). The Morgan fingerprint density at radius 3 is 2.86 bits per heavy atom. The third-order valence-corrected chi connectivity index (χ3v) is 4.66. The van der Waals surface area contributed by atoms with E-state index < -0.39 is 0 Å². The largest absolute Gasteiger partial charge is 0.368 e. The maximum atomic E-state index is 12.3. The van der Waals surface area contributed by atoms with Crippen LogP contribution >= 0.6 is 0 Å². The minimum atomic E-state index is -0.290. The number of pyridine rings is 1. The maximum Gasteiger partial charge on any atom is 0.273 e. The molecule has 1 fully saturated rings. The van der Waals surface area contributed by atoms with Gasteiger partial charge in [-0.2, -0.15) is 0 Å². The van der Waals surface area contributed by atoms with Gasteiger partial charge in [0.25, 0.3) is 5.91 Å². The zero-order valence-electron chi connectivity index (χ0n) is 16.3. The molecule has 0 saturated carbocycles. The molecule has 0 aliphatic carbocycles. The molecule has 0 atom stereocenters. The lowest BCUT2D eigenvalue weighted by atomic mass is 10.2. The molecular formula is C20H23N7O2. The molecule has 0 aromatic carbocycles. The van der Waals surface area contributed by atoms with E-state index in [1.54, 1.807) is 24.5 Å². The van der Waals surface area contributed by atoms with Gasteiger partial charge in [0.15, 0.2) is 11.5 Å². The number of nitrogens with zero attached hydrogens (tertiary/aromatic N) is 5. The fraction of sp³-hybridized carbons (Fsp3) is 0.350. The van der Waals surface area contributed by atoms with Crippen LogP contribution in [0.3, 0.4) is 0 Å². The number of anilines is 2. The van der Waals surface area contributed by atoms with Crippen LogP contribution in [-0.4, -0.2) is 52.2 Å². The van der Waals surface area contributed by atoms with E-state index >= 15 is 0 Å². The number of carbonyl (C=O) groups excluding carboxylic acids is 1. The molecule has 0 bridgehead atoms. The first-order valence-electron chi connectivity index (χ1n) is 9.69. The number of amides is 1. The molecule has 0 radical (unpaired) electrons. The fourth-order valence-electron chi connectivity index (χ4n) is 3.23. The van der Waals surface area contributed by atoms with E-state index in [0.717, 1.165) is 36.1 Å². The van der Waals surface area contributed by atoms with Crippen LogP contribution in [0.4, 0.5) is 11.6 Å². The van der Waals surface area contributed by atoms with Crippen LogP contribution in [0.15, 0.2) is 41.2 Å². The van der Waals surface area contributed by atoms with Crippen LogP contribution in [0.5, 0.6) is 0 Å². The minimum absolute atomic E-state index is 0.234. The Bertz CT molecular complexity index is 968. The lowest BCUT2D eigenvalue weighted by Gasteiger charge is -2.17. The normalized spacial score (nSPS) is 13.5. The topological polar surface area (TPSA) is 109 Å². The summed E-state index contributed by atoms with van der Waals surface area (Å²) >= 11 is 0. The van der Waals surface area contributed by atoms with Crippen LogP contribution in [0.2, 0.25) is 0 Å². The number of aryl methyl sites for hydroxylation is 1. The zero-order valence-corrected chi connectivity index (χ0v) is 16.3. The Morgan fingerprint density at radius 2 is 2.07 bits per heavy atom. The summed E-state index contributed by atoms with van der Waals surface area (Å²) in [5.41, 5.74) is 1.01. The van der Waals surface area contributed by atoms with Crippen molar-refractivity contribution in [2.75, 3.05) is 36.4 Å². The third-order valence-electron chi connectivity index (χ3n) is 4.66. The molecule has 9 heteroatoms. The van der Waals surface area contributed by atoms with Gasteiger partial charge >= 0.3 is 0 Å². The van der Waals surface area contributed by atoms with E-state index in [9.17, 15) is 4.79 Å². The summed E-state index contributed by atoms with van der Waals surface area (Å²) in [5, 5.41) is 9.90. The van der Waals surface area contributed by atoms with Gasteiger partial charge in [-0.05, 0) is 31.9 Å². The molecule has 1 amide bonds. The fourth-order valence-corrected chi connectivity index (χ4v) is 3.23. The zero-order chi connectivity index (χ0) is 20.1. The number of carbonyl (C=O) groups is 1. The Morgan fingerprint density at radius 1 is 1.21 bits per heavy atom. The van der Waals surface area contributed by atoms with Gasteiger partial charge in [-0.25, -0.2) is 9.97 Å². The average Bonchev–Trinajstić information content (AvgIpc) is 3.44. The highest BCUT2D eigenvalue weighted by molar-refractivity contribution is 5.93. The summed E-state index contributed by atoms with van der Waals surface area (Å²) in [6.07, 6.45) is 5.73. The van der Waals surface area contributed by atoms with Gasteiger partial charge in [0, 0.05) is 56.3 Å². The van der Waals surface area contributed by atoms with Gasteiger partial charge in [0.1, 0.15) is 17.5 Å². The second kappa shape index (κ2) is 8.68. The maximum absolute atomic E-state index is 12.3. The molecule has 3 aromatic rings. The van der Waals surface area contributed by atoms with Crippen molar-refractivity contribution in [2.24, 2.45) is 0 Å². The molecule has 1 aliphatic rings. The van der Waals surface area contributed by atoms with E-state index in [1.165, 1.54) is 12.8 Å². The van der Waals surface area contributed by atoms with Crippen LogP contribution in [0, 0.1) is 6.92 Å². The Balaban J connectivity index is 1.28.